The molecule has 2 rings (SSSR count). The van der Waals surface area contributed by atoms with Crippen LogP contribution in [0.25, 0.3) is 0 Å². The summed E-state index contributed by atoms with van der Waals surface area (Å²) in [6.07, 6.45) is 1.37. The average Bonchev–Trinajstić information content (AvgIpc) is 2.83. The van der Waals surface area contributed by atoms with E-state index in [1.165, 1.54) is 17.8 Å². The lowest BCUT2D eigenvalue weighted by Crippen LogP contribution is -2.29. The number of rotatable bonds is 6. The Morgan fingerprint density at radius 3 is 2.70 bits per heavy atom. The molecule has 0 spiro atoms. The van der Waals surface area contributed by atoms with Crippen LogP contribution in [0.5, 0.6) is 5.75 Å². The molecule has 6 heteroatoms. The van der Waals surface area contributed by atoms with Gasteiger partial charge in [0, 0.05) is 0 Å². The van der Waals surface area contributed by atoms with Gasteiger partial charge < -0.3 is 14.4 Å². The maximum Gasteiger partial charge on any atom is 0.333 e. The third-order valence-corrected chi connectivity index (χ3v) is 4.43. The zero-order chi connectivity index (χ0) is 16.8. The second-order valence-corrected chi connectivity index (χ2v) is 6.13. The fraction of sp³-hybridized carbons (Fsp3) is 0.412. The molecule has 0 radical (unpaired) electrons. The Labute approximate surface area is 140 Å². The van der Waals surface area contributed by atoms with Gasteiger partial charge in [-0.05, 0) is 31.9 Å². The van der Waals surface area contributed by atoms with E-state index in [0.717, 1.165) is 16.9 Å². The summed E-state index contributed by atoms with van der Waals surface area (Å²) in [5.41, 5.74) is 2.13. The Morgan fingerprint density at radius 1 is 1.35 bits per heavy atom. The fourth-order valence-electron chi connectivity index (χ4n) is 2.32. The van der Waals surface area contributed by atoms with Gasteiger partial charge in [-0.15, -0.1) is 0 Å². The molecule has 1 amide bonds. The van der Waals surface area contributed by atoms with Crippen molar-refractivity contribution in [2.24, 2.45) is 0 Å². The summed E-state index contributed by atoms with van der Waals surface area (Å²) in [7, 11) is 0. The van der Waals surface area contributed by atoms with Crippen molar-refractivity contribution in [1.82, 2.24) is 4.90 Å². The second kappa shape index (κ2) is 8.06. The van der Waals surface area contributed by atoms with Crippen LogP contribution in [-0.2, 0) is 14.3 Å². The Balaban J connectivity index is 1.98. The first-order valence-electron chi connectivity index (χ1n) is 7.53. The van der Waals surface area contributed by atoms with Crippen LogP contribution in [0.3, 0.4) is 0 Å². The highest BCUT2D eigenvalue weighted by molar-refractivity contribution is 8.04. The third kappa shape index (κ3) is 4.51. The fourth-order valence-corrected chi connectivity index (χ4v) is 3.28. The lowest BCUT2D eigenvalue weighted by molar-refractivity contribution is -0.137. The summed E-state index contributed by atoms with van der Waals surface area (Å²) in [6, 6.07) is 5.97. The van der Waals surface area contributed by atoms with Gasteiger partial charge in [0.05, 0.1) is 30.0 Å². The molecule has 1 saturated heterocycles. The van der Waals surface area contributed by atoms with Gasteiger partial charge >= 0.3 is 5.97 Å². The first-order valence-corrected chi connectivity index (χ1v) is 8.52. The molecule has 5 nitrogen and oxygen atoms in total. The van der Waals surface area contributed by atoms with Gasteiger partial charge in [0.15, 0.2) is 0 Å². The Bertz CT molecular complexity index is 607. The highest BCUT2D eigenvalue weighted by atomic mass is 32.2. The topological polar surface area (TPSA) is 55.8 Å². The standard InChI is InChI=1S/C17H21NO4S/c1-4-21-16(20)10-15-18(14(19)11-23-15)8-9-22-17-12(2)6-5-7-13(17)3/h5-7,10H,4,8-9,11H2,1-3H3. The van der Waals surface area contributed by atoms with Crippen molar-refractivity contribution in [2.45, 2.75) is 20.8 Å². The molecule has 124 valence electrons. The highest BCUT2D eigenvalue weighted by Gasteiger charge is 2.27. The first kappa shape index (κ1) is 17.4. The SMILES string of the molecule is CCOC(=O)C=C1SCC(=O)N1CCOc1c(C)cccc1C. The zero-order valence-electron chi connectivity index (χ0n) is 13.6. The number of para-hydroxylation sites is 1. The van der Waals surface area contributed by atoms with E-state index in [4.69, 9.17) is 9.47 Å². The molecule has 0 saturated carbocycles. The molecule has 23 heavy (non-hydrogen) atoms. The predicted octanol–water partition coefficient (Wildman–Crippen LogP) is 2.66. The number of benzene rings is 1. The van der Waals surface area contributed by atoms with E-state index in [0.29, 0.717) is 30.5 Å². The molecule has 0 aromatic heterocycles. The van der Waals surface area contributed by atoms with E-state index in [1.54, 1.807) is 11.8 Å². The van der Waals surface area contributed by atoms with Crippen molar-refractivity contribution in [1.29, 1.82) is 0 Å². The summed E-state index contributed by atoms with van der Waals surface area (Å²) < 4.78 is 10.7. The van der Waals surface area contributed by atoms with Crippen molar-refractivity contribution in [3.05, 3.63) is 40.4 Å². The molecular weight excluding hydrogens is 314 g/mol. The number of nitrogens with zero attached hydrogens (tertiary/aromatic N) is 1. The zero-order valence-corrected chi connectivity index (χ0v) is 14.4. The molecule has 0 aliphatic carbocycles. The minimum Gasteiger partial charge on any atom is -0.491 e. The van der Waals surface area contributed by atoms with E-state index >= 15 is 0 Å². The van der Waals surface area contributed by atoms with Gasteiger partial charge in [-0.2, -0.15) is 0 Å². The van der Waals surface area contributed by atoms with Gasteiger partial charge in [-0.1, -0.05) is 30.0 Å². The number of aryl methyl sites for hydroxylation is 2. The van der Waals surface area contributed by atoms with Crippen LogP contribution in [0.4, 0.5) is 0 Å². The molecule has 0 atom stereocenters. The minimum absolute atomic E-state index is 0.0179. The van der Waals surface area contributed by atoms with Gasteiger partial charge in [-0.3, -0.25) is 4.79 Å². The maximum absolute atomic E-state index is 12.0. The van der Waals surface area contributed by atoms with Crippen LogP contribution in [0.2, 0.25) is 0 Å². The third-order valence-electron chi connectivity index (χ3n) is 3.41. The van der Waals surface area contributed by atoms with E-state index < -0.39 is 5.97 Å². The van der Waals surface area contributed by atoms with Crippen LogP contribution in [-0.4, -0.2) is 42.3 Å². The van der Waals surface area contributed by atoms with E-state index in [-0.39, 0.29) is 5.91 Å². The Hall–Kier alpha value is -1.95. The Kier molecular flexibility index (Phi) is 6.10. The van der Waals surface area contributed by atoms with E-state index in [2.05, 4.69) is 0 Å². The summed E-state index contributed by atoms with van der Waals surface area (Å²) in [5, 5.41) is 0.624. The monoisotopic (exact) mass is 335 g/mol. The molecular formula is C17H21NO4S. The van der Waals surface area contributed by atoms with Crippen molar-refractivity contribution in [3.8, 4) is 5.75 Å². The first-order chi connectivity index (χ1) is 11.0. The molecule has 1 heterocycles. The molecule has 1 aromatic rings. The maximum atomic E-state index is 12.0. The van der Waals surface area contributed by atoms with Crippen LogP contribution in [0.15, 0.2) is 29.3 Å². The number of thioether (sulfide) groups is 1. The molecule has 0 N–H and O–H groups in total. The van der Waals surface area contributed by atoms with Crippen molar-refractivity contribution < 1.29 is 19.1 Å². The summed E-state index contributed by atoms with van der Waals surface area (Å²) in [5.74, 6) is 0.748. The molecule has 1 aliphatic heterocycles. The van der Waals surface area contributed by atoms with E-state index in [1.807, 2.05) is 32.0 Å². The van der Waals surface area contributed by atoms with Crippen molar-refractivity contribution >= 4 is 23.6 Å². The molecule has 0 unspecified atom stereocenters. The molecule has 1 fully saturated rings. The number of esters is 1. The van der Waals surface area contributed by atoms with Gasteiger partial charge in [-0.25, -0.2) is 4.79 Å². The van der Waals surface area contributed by atoms with Gasteiger partial charge in [0.1, 0.15) is 12.4 Å². The lowest BCUT2D eigenvalue weighted by atomic mass is 10.1. The Morgan fingerprint density at radius 2 is 2.04 bits per heavy atom. The second-order valence-electron chi connectivity index (χ2n) is 5.14. The number of hydrogen-bond donors (Lipinski definition) is 0. The highest BCUT2D eigenvalue weighted by Crippen LogP contribution is 2.29. The number of amides is 1. The molecule has 1 aliphatic rings. The molecule has 1 aromatic carbocycles. The number of carbonyl (C=O) groups is 2. The smallest absolute Gasteiger partial charge is 0.333 e. The average molecular weight is 335 g/mol. The largest absolute Gasteiger partial charge is 0.491 e. The van der Waals surface area contributed by atoms with Crippen molar-refractivity contribution in [2.75, 3.05) is 25.5 Å². The summed E-state index contributed by atoms with van der Waals surface area (Å²) >= 11 is 1.35. The predicted molar refractivity (Wildman–Crippen MR) is 90.3 cm³/mol. The summed E-state index contributed by atoms with van der Waals surface area (Å²) in [4.78, 5) is 25.1. The summed E-state index contributed by atoms with van der Waals surface area (Å²) in [6.45, 7) is 6.83. The van der Waals surface area contributed by atoms with Crippen molar-refractivity contribution in [3.63, 3.8) is 0 Å². The van der Waals surface area contributed by atoms with Crippen LogP contribution in [0, 0.1) is 13.8 Å². The minimum atomic E-state index is -0.426. The van der Waals surface area contributed by atoms with Crippen LogP contribution in [0.1, 0.15) is 18.1 Å². The molecule has 0 bridgehead atoms. The van der Waals surface area contributed by atoms with Crippen LogP contribution < -0.4 is 4.74 Å². The number of ether oxygens (including phenoxy) is 2. The van der Waals surface area contributed by atoms with E-state index in [9.17, 15) is 9.59 Å². The normalized spacial score (nSPS) is 16.0. The van der Waals surface area contributed by atoms with Crippen LogP contribution >= 0.6 is 11.8 Å². The van der Waals surface area contributed by atoms with Gasteiger partial charge in [0.2, 0.25) is 5.91 Å². The number of hydrogen-bond acceptors (Lipinski definition) is 5. The number of carbonyl (C=O) groups excluding carboxylic acids is 2. The quantitative estimate of drug-likeness (QED) is 0.591. The lowest BCUT2D eigenvalue weighted by Gasteiger charge is -2.18. The van der Waals surface area contributed by atoms with Gasteiger partial charge in [0.25, 0.3) is 0 Å².